The van der Waals surface area contributed by atoms with E-state index in [1.165, 1.54) is 19.1 Å². The van der Waals surface area contributed by atoms with Gasteiger partial charge in [-0.3, -0.25) is 0 Å². The van der Waals surface area contributed by atoms with Gasteiger partial charge in [-0.25, -0.2) is 8.42 Å². The van der Waals surface area contributed by atoms with Crippen LogP contribution in [0.15, 0.2) is 0 Å². The van der Waals surface area contributed by atoms with E-state index in [9.17, 15) is 8.42 Å². The van der Waals surface area contributed by atoms with E-state index in [1.54, 1.807) is 7.11 Å². The lowest BCUT2D eigenvalue weighted by Crippen LogP contribution is -2.27. The second-order valence-corrected chi connectivity index (χ2v) is 7.16. The number of rotatable bonds is 9. The Labute approximate surface area is 98.7 Å². The van der Waals surface area contributed by atoms with Crippen molar-refractivity contribution in [2.75, 3.05) is 38.8 Å². The third-order valence-electron chi connectivity index (χ3n) is 3.16. The summed E-state index contributed by atoms with van der Waals surface area (Å²) in [5, 5.41) is 3.35. The smallest absolute Gasteiger partial charge is 0.147 e. The van der Waals surface area contributed by atoms with Crippen LogP contribution >= 0.6 is 0 Å². The van der Waals surface area contributed by atoms with Gasteiger partial charge in [-0.05, 0) is 37.6 Å². The molecule has 0 spiro atoms. The zero-order chi connectivity index (χ0) is 12.1. The molecule has 0 aromatic carbocycles. The number of hydrogen-bond donors (Lipinski definition) is 1. The van der Waals surface area contributed by atoms with Crippen LogP contribution in [0.3, 0.4) is 0 Å². The highest BCUT2D eigenvalue weighted by Crippen LogP contribution is 2.48. The minimum Gasteiger partial charge on any atom is -0.385 e. The molecule has 0 unspecified atom stereocenters. The van der Waals surface area contributed by atoms with Gasteiger partial charge < -0.3 is 10.1 Å². The van der Waals surface area contributed by atoms with Gasteiger partial charge in [0.15, 0.2) is 0 Å². The topological polar surface area (TPSA) is 55.4 Å². The van der Waals surface area contributed by atoms with E-state index in [1.807, 2.05) is 0 Å². The fourth-order valence-electron chi connectivity index (χ4n) is 1.82. The number of ether oxygens (including phenoxy) is 1. The molecule has 0 atom stereocenters. The Morgan fingerprint density at radius 2 is 2.06 bits per heavy atom. The van der Waals surface area contributed by atoms with E-state index in [0.29, 0.717) is 11.8 Å². The first-order valence-corrected chi connectivity index (χ1v) is 7.91. The van der Waals surface area contributed by atoms with E-state index in [0.717, 1.165) is 26.1 Å². The normalized spacial score (nSPS) is 18.6. The Balaban J connectivity index is 2.03. The van der Waals surface area contributed by atoms with Crippen molar-refractivity contribution in [1.29, 1.82) is 0 Å². The molecule has 0 amide bonds. The van der Waals surface area contributed by atoms with Crippen molar-refractivity contribution in [2.24, 2.45) is 5.41 Å². The molecule has 0 bridgehead atoms. The second kappa shape index (κ2) is 5.98. The van der Waals surface area contributed by atoms with Crippen LogP contribution in [0.4, 0.5) is 0 Å². The standard InChI is InChI=1S/C11H23NO3S/c1-15-8-6-11(4-5-11)10-12-7-3-9-16(2,13)14/h12H,3-10H2,1-2H3. The van der Waals surface area contributed by atoms with Crippen LogP contribution in [0, 0.1) is 5.41 Å². The van der Waals surface area contributed by atoms with Gasteiger partial charge in [0.25, 0.3) is 0 Å². The third-order valence-corrected chi connectivity index (χ3v) is 4.19. The Bertz CT molecular complexity index is 296. The minimum absolute atomic E-state index is 0.283. The number of sulfone groups is 1. The van der Waals surface area contributed by atoms with Crippen molar-refractivity contribution >= 4 is 9.84 Å². The monoisotopic (exact) mass is 249 g/mol. The summed E-state index contributed by atoms with van der Waals surface area (Å²) in [6.45, 7) is 2.62. The molecule has 1 rings (SSSR count). The van der Waals surface area contributed by atoms with Crippen molar-refractivity contribution in [1.82, 2.24) is 5.32 Å². The molecule has 1 aliphatic carbocycles. The quantitative estimate of drug-likeness (QED) is 0.615. The first-order chi connectivity index (χ1) is 7.47. The first kappa shape index (κ1) is 13.9. The lowest BCUT2D eigenvalue weighted by Gasteiger charge is -2.15. The highest BCUT2D eigenvalue weighted by Gasteiger charge is 2.41. The Morgan fingerprint density at radius 1 is 1.38 bits per heavy atom. The predicted molar refractivity (Wildman–Crippen MR) is 65.4 cm³/mol. The van der Waals surface area contributed by atoms with Gasteiger partial charge >= 0.3 is 0 Å². The van der Waals surface area contributed by atoms with Crippen molar-refractivity contribution in [2.45, 2.75) is 25.7 Å². The van der Waals surface area contributed by atoms with Crippen LogP contribution in [-0.4, -0.2) is 47.2 Å². The van der Waals surface area contributed by atoms with Gasteiger partial charge in [0, 0.05) is 26.5 Å². The summed E-state index contributed by atoms with van der Waals surface area (Å²) in [7, 11) is -1.07. The molecule has 5 heteroatoms. The summed E-state index contributed by atoms with van der Waals surface area (Å²) in [4.78, 5) is 0. The maximum Gasteiger partial charge on any atom is 0.147 e. The molecular formula is C11H23NO3S. The molecule has 0 saturated heterocycles. The average molecular weight is 249 g/mol. The largest absolute Gasteiger partial charge is 0.385 e. The highest BCUT2D eigenvalue weighted by molar-refractivity contribution is 7.90. The number of nitrogens with one attached hydrogen (secondary N) is 1. The van der Waals surface area contributed by atoms with Gasteiger partial charge in [0.1, 0.15) is 9.84 Å². The van der Waals surface area contributed by atoms with Crippen LogP contribution in [0.1, 0.15) is 25.7 Å². The minimum atomic E-state index is -2.80. The van der Waals surface area contributed by atoms with Gasteiger partial charge in [-0.2, -0.15) is 0 Å². The molecule has 1 N–H and O–H groups in total. The molecule has 1 saturated carbocycles. The molecule has 0 radical (unpaired) electrons. The Hall–Kier alpha value is -0.130. The molecule has 0 aliphatic heterocycles. The molecule has 0 aromatic rings. The maximum absolute atomic E-state index is 10.9. The average Bonchev–Trinajstić information content (AvgIpc) is 2.94. The maximum atomic E-state index is 10.9. The molecule has 0 aromatic heterocycles. The van der Waals surface area contributed by atoms with E-state index >= 15 is 0 Å². The van der Waals surface area contributed by atoms with Gasteiger partial charge in [-0.1, -0.05) is 0 Å². The van der Waals surface area contributed by atoms with E-state index in [-0.39, 0.29) is 5.75 Å². The lowest BCUT2D eigenvalue weighted by molar-refractivity contribution is 0.171. The van der Waals surface area contributed by atoms with Crippen LogP contribution in [-0.2, 0) is 14.6 Å². The third kappa shape index (κ3) is 5.82. The van der Waals surface area contributed by atoms with E-state index < -0.39 is 9.84 Å². The second-order valence-electron chi connectivity index (χ2n) is 4.90. The molecule has 0 heterocycles. The van der Waals surface area contributed by atoms with Gasteiger partial charge in [0.05, 0.1) is 5.75 Å². The van der Waals surface area contributed by atoms with Crippen molar-refractivity contribution in [3.63, 3.8) is 0 Å². The van der Waals surface area contributed by atoms with Crippen molar-refractivity contribution in [3.05, 3.63) is 0 Å². The summed E-state index contributed by atoms with van der Waals surface area (Å²) < 4.78 is 26.9. The predicted octanol–water partition coefficient (Wildman–Crippen LogP) is 0.827. The van der Waals surface area contributed by atoms with Crippen molar-refractivity contribution < 1.29 is 13.2 Å². The van der Waals surface area contributed by atoms with Crippen LogP contribution in [0.2, 0.25) is 0 Å². The van der Waals surface area contributed by atoms with E-state index in [2.05, 4.69) is 5.32 Å². The Morgan fingerprint density at radius 3 is 2.56 bits per heavy atom. The highest BCUT2D eigenvalue weighted by atomic mass is 32.2. The van der Waals surface area contributed by atoms with Gasteiger partial charge in [0.2, 0.25) is 0 Å². The molecular weight excluding hydrogens is 226 g/mol. The zero-order valence-electron chi connectivity index (χ0n) is 10.3. The van der Waals surface area contributed by atoms with Crippen LogP contribution in [0.25, 0.3) is 0 Å². The Kier molecular flexibility index (Phi) is 5.21. The SMILES string of the molecule is COCCC1(CNCCCS(C)(=O)=O)CC1. The molecule has 1 fully saturated rings. The van der Waals surface area contributed by atoms with Crippen LogP contribution in [0.5, 0.6) is 0 Å². The van der Waals surface area contributed by atoms with E-state index in [4.69, 9.17) is 4.74 Å². The molecule has 1 aliphatic rings. The molecule has 96 valence electrons. The number of hydrogen-bond acceptors (Lipinski definition) is 4. The van der Waals surface area contributed by atoms with Crippen LogP contribution < -0.4 is 5.32 Å². The molecule has 4 nitrogen and oxygen atoms in total. The summed E-state index contributed by atoms with van der Waals surface area (Å²) in [5.74, 6) is 0.283. The fourth-order valence-corrected chi connectivity index (χ4v) is 2.49. The molecule has 16 heavy (non-hydrogen) atoms. The summed E-state index contributed by atoms with van der Waals surface area (Å²) in [6, 6.07) is 0. The zero-order valence-corrected chi connectivity index (χ0v) is 11.1. The lowest BCUT2D eigenvalue weighted by atomic mass is 10.0. The number of methoxy groups -OCH3 is 1. The summed E-state index contributed by atoms with van der Waals surface area (Å²) in [5.41, 5.74) is 0.446. The van der Waals surface area contributed by atoms with Crippen molar-refractivity contribution in [3.8, 4) is 0 Å². The van der Waals surface area contributed by atoms with Gasteiger partial charge in [-0.15, -0.1) is 0 Å². The first-order valence-electron chi connectivity index (χ1n) is 5.85. The summed E-state index contributed by atoms with van der Waals surface area (Å²) in [6.07, 6.45) is 5.65. The summed E-state index contributed by atoms with van der Waals surface area (Å²) >= 11 is 0. The fraction of sp³-hybridized carbons (Fsp3) is 1.00.